The van der Waals surface area contributed by atoms with E-state index in [0.717, 1.165) is 18.7 Å². The van der Waals surface area contributed by atoms with Crippen LogP contribution in [0.1, 0.15) is 19.7 Å². The molecule has 0 aliphatic heterocycles. The van der Waals surface area contributed by atoms with Gasteiger partial charge in [0.05, 0.1) is 0 Å². The molecule has 0 atom stereocenters. The first-order valence-corrected chi connectivity index (χ1v) is 7.15. The second-order valence-corrected chi connectivity index (χ2v) is 4.81. The zero-order valence-electron chi connectivity index (χ0n) is 12.5. The molecule has 1 aromatic heterocycles. The number of benzene rings is 1. The van der Waals surface area contributed by atoms with E-state index in [9.17, 15) is 0 Å². The lowest BCUT2D eigenvalue weighted by molar-refractivity contribution is 0.379. The van der Waals surface area contributed by atoms with E-state index in [4.69, 9.17) is 21.9 Å². The minimum Gasteiger partial charge on any atom is -0.370 e. The zero-order valence-corrected chi connectivity index (χ0v) is 15.6. The highest BCUT2D eigenvalue weighted by molar-refractivity contribution is 14.0. The number of aromatic nitrogens is 2. The zero-order chi connectivity index (χ0) is 15.2. The summed E-state index contributed by atoms with van der Waals surface area (Å²) in [4.78, 5) is 10.5. The van der Waals surface area contributed by atoms with Crippen LogP contribution in [-0.4, -0.2) is 34.1 Å². The van der Waals surface area contributed by atoms with Crippen LogP contribution in [0.15, 0.2) is 33.8 Å². The summed E-state index contributed by atoms with van der Waals surface area (Å²) in [5.74, 6) is 1.38. The predicted octanol–water partition coefficient (Wildman–Crippen LogP) is 3.16. The Balaban J connectivity index is 0.00000242. The van der Waals surface area contributed by atoms with Crippen molar-refractivity contribution >= 4 is 41.5 Å². The van der Waals surface area contributed by atoms with Crippen LogP contribution >= 0.6 is 35.6 Å². The Labute approximate surface area is 151 Å². The number of rotatable bonds is 5. The molecule has 1 heterocycles. The van der Waals surface area contributed by atoms with E-state index in [0.29, 0.717) is 22.7 Å². The van der Waals surface area contributed by atoms with Crippen molar-refractivity contribution in [1.82, 2.24) is 15.0 Å². The second kappa shape index (κ2) is 8.94. The number of hydrogen-bond acceptors (Lipinski definition) is 4. The predicted molar refractivity (Wildman–Crippen MR) is 98.4 cm³/mol. The molecule has 22 heavy (non-hydrogen) atoms. The number of nitrogens with zero attached hydrogens (tertiary/aromatic N) is 4. The van der Waals surface area contributed by atoms with E-state index in [1.165, 1.54) is 0 Å². The molecule has 0 bridgehead atoms. The molecule has 2 rings (SSSR count). The van der Waals surface area contributed by atoms with Crippen molar-refractivity contribution < 1.29 is 4.52 Å². The molecule has 0 saturated carbocycles. The fourth-order valence-electron chi connectivity index (χ4n) is 1.86. The standard InChI is InChI=1S/C14H18ClN5O.HI/c1-3-20(4-2)14(16)17-9-12-18-13(19-21-12)10-6-5-7-11(15)8-10;/h5-8H,3-4,9H2,1-2H3,(H2,16,17);1H. The van der Waals surface area contributed by atoms with Gasteiger partial charge in [0.15, 0.2) is 5.96 Å². The normalized spacial score (nSPS) is 11.1. The van der Waals surface area contributed by atoms with Crippen molar-refractivity contribution in [3.05, 3.63) is 35.2 Å². The van der Waals surface area contributed by atoms with Crippen LogP contribution in [0.4, 0.5) is 0 Å². The van der Waals surface area contributed by atoms with Crippen molar-refractivity contribution in [3.8, 4) is 11.4 Å². The van der Waals surface area contributed by atoms with Crippen LogP contribution in [0, 0.1) is 0 Å². The average Bonchev–Trinajstić information content (AvgIpc) is 2.95. The van der Waals surface area contributed by atoms with Gasteiger partial charge in [-0.15, -0.1) is 24.0 Å². The molecule has 0 saturated heterocycles. The van der Waals surface area contributed by atoms with Gasteiger partial charge in [-0.3, -0.25) is 0 Å². The van der Waals surface area contributed by atoms with E-state index >= 15 is 0 Å². The third-order valence-corrected chi connectivity index (χ3v) is 3.25. The molecule has 0 amide bonds. The molecule has 6 nitrogen and oxygen atoms in total. The first kappa shape index (κ1) is 18.7. The van der Waals surface area contributed by atoms with Crippen LogP contribution in [0.2, 0.25) is 5.02 Å². The summed E-state index contributed by atoms with van der Waals surface area (Å²) in [5.41, 5.74) is 6.70. The fourth-order valence-corrected chi connectivity index (χ4v) is 2.05. The Hall–Kier alpha value is -1.35. The van der Waals surface area contributed by atoms with Crippen LogP contribution in [0.25, 0.3) is 11.4 Å². The summed E-state index contributed by atoms with van der Waals surface area (Å²) in [6.07, 6.45) is 0. The first-order chi connectivity index (χ1) is 10.1. The van der Waals surface area contributed by atoms with Crippen molar-refractivity contribution in [3.63, 3.8) is 0 Å². The van der Waals surface area contributed by atoms with Gasteiger partial charge in [-0.1, -0.05) is 28.9 Å². The molecule has 2 aromatic rings. The summed E-state index contributed by atoms with van der Waals surface area (Å²) in [6.45, 7) is 5.93. The highest BCUT2D eigenvalue weighted by Gasteiger charge is 2.09. The van der Waals surface area contributed by atoms with Gasteiger partial charge in [-0.2, -0.15) is 4.98 Å². The van der Waals surface area contributed by atoms with Crippen molar-refractivity contribution in [2.24, 2.45) is 10.7 Å². The molecule has 1 aromatic carbocycles. The topological polar surface area (TPSA) is 80.5 Å². The summed E-state index contributed by atoms with van der Waals surface area (Å²) < 4.78 is 5.17. The Bertz CT molecular complexity index is 627. The monoisotopic (exact) mass is 435 g/mol. The van der Waals surface area contributed by atoms with Gasteiger partial charge in [-0.05, 0) is 26.0 Å². The number of hydrogen-bond donors (Lipinski definition) is 1. The molecule has 0 radical (unpaired) electrons. The fraction of sp³-hybridized carbons (Fsp3) is 0.357. The van der Waals surface area contributed by atoms with Crippen LogP contribution < -0.4 is 5.73 Å². The van der Waals surface area contributed by atoms with E-state index < -0.39 is 0 Å². The van der Waals surface area contributed by atoms with Crippen LogP contribution in [0.5, 0.6) is 0 Å². The molecule has 120 valence electrons. The minimum atomic E-state index is 0. The van der Waals surface area contributed by atoms with Gasteiger partial charge in [0, 0.05) is 23.7 Å². The highest BCUT2D eigenvalue weighted by atomic mass is 127. The van der Waals surface area contributed by atoms with E-state index in [1.54, 1.807) is 12.1 Å². The molecule has 0 unspecified atom stereocenters. The van der Waals surface area contributed by atoms with Crippen molar-refractivity contribution in [1.29, 1.82) is 0 Å². The number of nitrogens with two attached hydrogens (primary N) is 1. The van der Waals surface area contributed by atoms with Gasteiger partial charge in [0.1, 0.15) is 6.54 Å². The molecule has 0 aliphatic carbocycles. The second-order valence-electron chi connectivity index (χ2n) is 4.37. The van der Waals surface area contributed by atoms with E-state index in [-0.39, 0.29) is 30.5 Å². The lowest BCUT2D eigenvalue weighted by Gasteiger charge is -2.18. The minimum absolute atomic E-state index is 0. The van der Waals surface area contributed by atoms with Gasteiger partial charge in [0.2, 0.25) is 11.7 Å². The maximum absolute atomic E-state index is 5.94. The summed E-state index contributed by atoms with van der Waals surface area (Å²) >= 11 is 5.94. The summed E-state index contributed by atoms with van der Waals surface area (Å²) in [6, 6.07) is 7.28. The Morgan fingerprint density at radius 3 is 2.73 bits per heavy atom. The third-order valence-electron chi connectivity index (χ3n) is 3.01. The SMILES string of the molecule is CCN(CC)C(N)=NCc1nc(-c2cccc(Cl)c2)no1.I. The molecule has 8 heteroatoms. The number of guanidine groups is 1. The Morgan fingerprint density at radius 1 is 1.36 bits per heavy atom. The first-order valence-electron chi connectivity index (χ1n) is 6.77. The summed E-state index contributed by atoms with van der Waals surface area (Å²) in [5, 5.41) is 4.55. The molecule has 0 spiro atoms. The molecule has 2 N–H and O–H groups in total. The van der Waals surface area contributed by atoms with E-state index in [2.05, 4.69) is 15.1 Å². The van der Waals surface area contributed by atoms with Gasteiger partial charge in [0.25, 0.3) is 0 Å². The smallest absolute Gasteiger partial charge is 0.248 e. The number of halogens is 2. The largest absolute Gasteiger partial charge is 0.370 e. The quantitative estimate of drug-likeness (QED) is 0.443. The van der Waals surface area contributed by atoms with Crippen molar-refractivity contribution in [2.75, 3.05) is 13.1 Å². The molecule has 0 fully saturated rings. The summed E-state index contributed by atoms with van der Waals surface area (Å²) in [7, 11) is 0. The maximum Gasteiger partial charge on any atom is 0.248 e. The number of aliphatic imine (C=N–C) groups is 1. The molecular weight excluding hydrogens is 417 g/mol. The lowest BCUT2D eigenvalue weighted by atomic mass is 10.2. The van der Waals surface area contributed by atoms with Gasteiger partial charge in [-0.25, -0.2) is 4.99 Å². The highest BCUT2D eigenvalue weighted by Crippen LogP contribution is 2.20. The Kier molecular flexibility index (Phi) is 7.60. The third kappa shape index (κ3) is 4.84. The molecular formula is C14H19ClIN5O. The Morgan fingerprint density at radius 2 is 2.09 bits per heavy atom. The van der Waals surface area contributed by atoms with E-state index in [1.807, 2.05) is 30.9 Å². The van der Waals surface area contributed by atoms with Gasteiger partial charge < -0.3 is 15.2 Å². The van der Waals surface area contributed by atoms with Gasteiger partial charge >= 0.3 is 0 Å². The van der Waals surface area contributed by atoms with Crippen LogP contribution in [0.3, 0.4) is 0 Å². The van der Waals surface area contributed by atoms with Crippen LogP contribution in [-0.2, 0) is 6.54 Å². The maximum atomic E-state index is 5.94. The molecule has 0 aliphatic rings. The lowest BCUT2D eigenvalue weighted by Crippen LogP contribution is -2.37. The average molecular weight is 436 g/mol. The van der Waals surface area contributed by atoms with Crippen molar-refractivity contribution in [2.45, 2.75) is 20.4 Å².